The normalized spacial score (nSPS) is 10.7. The molecule has 5 heteroatoms. The van der Waals surface area contributed by atoms with Crippen molar-refractivity contribution in [2.45, 2.75) is 0 Å². The minimum atomic E-state index is 0.783. The number of imidazole rings is 1. The molecule has 0 atom stereocenters. The number of halogens is 2. The van der Waals surface area contributed by atoms with Crippen LogP contribution in [-0.2, 0) is 0 Å². The lowest BCUT2D eigenvalue weighted by Crippen LogP contribution is -1.91. The molecule has 0 aromatic carbocycles. The quantitative estimate of drug-likeness (QED) is 0.549. The van der Waals surface area contributed by atoms with Gasteiger partial charge in [-0.25, -0.2) is 9.97 Å². The Balaban J connectivity index is 2.96. The van der Waals surface area contributed by atoms with Crippen LogP contribution in [0.2, 0.25) is 0 Å². The Kier molecular flexibility index (Phi) is 1.84. The Labute approximate surface area is 85.1 Å². The van der Waals surface area contributed by atoms with Crippen molar-refractivity contribution in [3.63, 3.8) is 0 Å². The van der Waals surface area contributed by atoms with Gasteiger partial charge in [0.25, 0.3) is 0 Å². The monoisotopic (exact) mass is 323 g/mol. The van der Waals surface area contributed by atoms with Crippen LogP contribution in [-0.4, -0.2) is 14.4 Å². The van der Waals surface area contributed by atoms with Crippen LogP contribution in [0.3, 0.4) is 0 Å². The number of nitrogens with zero attached hydrogens (tertiary/aromatic N) is 3. The van der Waals surface area contributed by atoms with Gasteiger partial charge in [-0.15, -0.1) is 0 Å². The van der Waals surface area contributed by atoms with E-state index >= 15 is 0 Å². The number of rotatable bonds is 0. The molecule has 56 valence electrons. The van der Waals surface area contributed by atoms with Crippen molar-refractivity contribution in [2.75, 3.05) is 0 Å². The number of aromatic nitrogens is 3. The second-order valence-corrected chi connectivity index (χ2v) is 3.87. The number of hydrogen-bond acceptors (Lipinski definition) is 2. The van der Waals surface area contributed by atoms with Crippen LogP contribution in [0.25, 0.3) is 5.65 Å². The molecular formula is C6H3BrIN3. The van der Waals surface area contributed by atoms with Gasteiger partial charge >= 0.3 is 0 Å². The average Bonchev–Trinajstić information content (AvgIpc) is 2.45. The fourth-order valence-electron chi connectivity index (χ4n) is 0.859. The second kappa shape index (κ2) is 2.71. The minimum Gasteiger partial charge on any atom is -0.278 e. The van der Waals surface area contributed by atoms with Gasteiger partial charge in [0.2, 0.25) is 0 Å². The Bertz CT molecular complexity index is 362. The van der Waals surface area contributed by atoms with E-state index in [-0.39, 0.29) is 0 Å². The van der Waals surface area contributed by atoms with E-state index in [2.05, 4.69) is 48.5 Å². The van der Waals surface area contributed by atoms with Gasteiger partial charge in [0.05, 0.1) is 3.57 Å². The zero-order chi connectivity index (χ0) is 7.84. The fourth-order valence-corrected chi connectivity index (χ4v) is 1.79. The molecule has 0 saturated heterocycles. The van der Waals surface area contributed by atoms with E-state index in [1.54, 1.807) is 12.4 Å². The highest BCUT2D eigenvalue weighted by Gasteiger charge is 2.01. The molecule has 0 radical (unpaired) electrons. The van der Waals surface area contributed by atoms with E-state index in [0.717, 1.165) is 14.0 Å². The molecule has 2 rings (SSSR count). The molecule has 0 aliphatic heterocycles. The van der Waals surface area contributed by atoms with Crippen LogP contribution < -0.4 is 0 Å². The van der Waals surface area contributed by atoms with E-state index in [0.29, 0.717) is 0 Å². The summed E-state index contributed by atoms with van der Waals surface area (Å²) in [4.78, 5) is 8.28. The third-order valence-corrected chi connectivity index (χ3v) is 2.69. The van der Waals surface area contributed by atoms with Crippen LogP contribution >= 0.6 is 38.5 Å². The molecule has 0 bridgehead atoms. The summed E-state index contributed by atoms with van der Waals surface area (Å²) in [7, 11) is 0. The summed E-state index contributed by atoms with van der Waals surface area (Å²) in [5, 5.41) is 0. The molecule has 0 unspecified atom stereocenters. The molecule has 3 nitrogen and oxygen atoms in total. The molecule has 2 aromatic heterocycles. The van der Waals surface area contributed by atoms with Crippen molar-refractivity contribution in [1.29, 1.82) is 0 Å². The van der Waals surface area contributed by atoms with Gasteiger partial charge in [0.15, 0.2) is 10.4 Å². The summed E-state index contributed by atoms with van der Waals surface area (Å²) in [5.74, 6) is 0. The Morgan fingerprint density at radius 2 is 2.27 bits per heavy atom. The fraction of sp³-hybridized carbons (Fsp3) is 0. The molecule has 11 heavy (non-hydrogen) atoms. The van der Waals surface area contributed by atoms with Crippen LogP contribution in [0, 0.1) is 3.57 Å². The Morgan fingerprint density at radius 1 is 1.45 bits per heavy atom. The zero-order valence-corrected chi connectivity index (χ0v) is 9.07. The van der Waals surface area contributed by atoms with Crippen molar-refractivity contribution < 1.29 is 0 Å². The summed E-state index contributed by atoms with van der Waals surface area (Å²) in [6.07, 6.45) is 5.41. The zero-order valence-electron chi connectivity index (χ0n) is 5.33. The first kappa shape index (κ1) is 7.48. The van der Waals surface area contributed by atoms with Crippen LogP contribution in [0.15, 0.2) is 23.3 Å². The average molecular weight is 324 g/mol. The van der Waals surface area contributed by atoms with Gasteiger partial charge < -0.3 is 0 Å². The molecule has 0 aliphatic carbocycles. The number of hydrogen-bond donors (Lipinski definition) is 0. The maximum absolute atomic E-state index is 4.16. The van der Waals surface area contributed by atoms with Gasteiger partial charge in [-0.2, -0.15) is 0 Å². The first-order valence-corrected chi connectivity index (χ1v) is 4.79. The van der Waals surface area contributed by atoms with Crippen molar-refractivity contribution in [3.8, 4) is 0 Å². The number of fused-ring (bicyclic) bond motifs is 1. The second-order valence-electron chi connectivity index (χ2n) is 2.00. The van der Waals surface area contributed by atoms with E-state index in [1.165, 1.54) is 0 Å². The minimum absolute atomic E-state index is 0.783. The molecule has 2 aromatic rings. The van der Waals surface area contributed by atoms with Gasteiger partial charge in [-0.05, 0) is 38.5 Å². The van der Waals surface area contributed by atoms with Crippen LogP contribution in [0.1, 0.15) is 0 Å². The van der Waals surface area contributed by atoms with Crippen LogP contribution in [0.5, 0.6) is 0 Å². The first-order valence-electron chi connectivity index (χ1n) is 2.92. The van der Waals surface area contributed by atoms with Crippen LogP contribution in [0.4, 0.5) is 0 Å². The molecule has 0 N–H and O–H groups in total. The van der Waals surface area contributed by atoms with Crippen molar-refractivity contribution in [3.05, 3.63) is 26.9 Å². The standard InChI is InChI=1S/C6H3BrIN3/c7-6-10-3-4(8)5-9-1-2-11(5)6/h1-3H. The lowest BCUT2D eigenvalue weighted by atomic mass is 10.6. The lowest BCUT2D eigenvalue weighted by molar-refractivity contribution is 1.03. The third kappa shape index (κ3) is 1.16. The van der Waals surface area contributed by atoms with Gasteiger partial charge in [-0.1, -0.05) is 0 Å². The molecule has 0 amide bonds. The highest BCUT2D eigenvalue weighted by molar-refractivity contribution is 14.1. The van der Waals surface area contributed by atoms with Gasteiger partial charge in [0.1, 0.15) is 0 Å². The molecule has 0 aliphatic rings. The van der Waals surface area contributed by atoms with Crippen molar-refractivity contribution >= 4 is 44.2 Å². The molecule has 0 saturated carbocycles. The maximum atomic E-state index is 4.16. The highest BCUT2D eigenvalue weighted by atomic mass is 127. The lowest BCUT2D eigenvalue weighted by Gasteiger charge is -1.96. The molecular weight excluding hydrogens is 321 g/mol. The van der Waals surface area contributed by atoms with Gasteiger partial charge in [0, 0.05) is 18.6 Å². The molecule has 0 spiro atoms. The highest BCUT2D eigenvalue weighted by Crippen LogP contribution is 2.14. The van der Waals surface area contributed by atoms with Crippen molar-refractivity contribution in [2.24, 2.45) is 0 Å². The van der Waals surface area contributed by atoms with E-state index in [1.807, 2.05) is 10.6 Å². The van der Waals surface area contributed by atoms with E-state index in [4.69, 9.17) is 0 Å². The molecule has 2 heterocycles. The summed E-state index contributed by atoms with van der Waals surface area (Å²) < 4.78 is 3.73. The summed E-state index contributed by atoms with van der Waals surface area (Å²) in [6.45, 7) is 0. The largest absolute Gasteiger partial charge is 0.278 e. The first-order chi connectivity index (χ1) is 5.29. The van der Waals surface area contributed by atoms with E-state index in [9.17, 15) is 0 Å². The predicted molar refractivity (Wildman–Crippen MR) is 53.4 cm³/mol. The van der Waals surface area contributed by atoms with Crippen molar-refractivity contribution in [1.82, 2.24) is 14.4 Å². The maximum Gasteiger partial charge on any atom is 0.182 e. The summed E-state index contributed by atoms with van der Waals surface area (Å²) in [5.41, 5.74) is 0.937. The predicted octanol–water partition coefficient (Wildman–Crippen LogP) is 2.10. The SMILES string of the molecule is Brc1ncc(I)c2nccn12. The van der Waals surface area contributed by atoms with Gasteiger partial charge in [-0.3, -0.25) is 4.40 Å². The summed E-state index contributed by atoms with van der Waals surface area (Å²) >= 11 is 5.52. The summed E-state index contributed by atoms with van der Waals surface area (Å²) in [6, 6.07) is 0. The van der Waals surface area contributed by atoms with E-state index < -0.39 is 0 Å². The topological polar surface area (TPSA) is 30.2 Å². The molecule has 0 fully saturated rings. The Morgan fingerprint density at radius 3 is 3.00 bits per heavy atom. The Hall–Kier alpha value is -0.170. The third-order valence-electron chi connectivity index (χ3n) is 1.34. The smallest absolute Gasteiger partial charge is 0.182 e.